The van der Waals surface area contributed by atoms with Crippen molar-refractivity contribution in [2.45, 2.75) is 24.0 Å². The second-order valence-corrected chi connectivity index (χ2v) is 4.17. The van der Waals surface area contributed by atoms with Crippen molar-refractivity contribution in [2.24, 2.45) is 11.8 Å². The van der Waals surface area contributed by atoms with Gasteiger partial charge in [0.05, 0.1) is 6.10 Å². The van der Waals surface area contributed by atoms with Gasteiger partial charge in [0.2, 0.25) is 5.02 Å². The van der Waals surface area contributed by atoms with Gasteiger partial charge in [-0.05, 0) is 12.8 Å². The van der Waals surface area contributed by atoms with Crippen molar-refractivity contribution in [1.29, 1.82) is 0 Å². The fraction of sp³-hybridized carbons (Fsp3) is 0.750. The molecule has 1 unspecified atom stereocenters. The van der Waals surface area contributed by atoms with Crippen LogP contribution in [0, 0.1) is 11.8 Å². The van der Waals surface area contributed by atoms with Crippen LogP contribution in [0.3, 0.4) is 0 Å². The Morgan fingerprint density at radius 1 is 1.18 bits per heavy atom. The maximum Gasteiger partial charge on any atom is 0.206 e. The number of rotatable bonds is 2. The summed E-state index contributed by atoms with van der Waals surface area (Å²) in [6.07, 6.45) is 7.15. The van der Waals surface area contributed by atoms with Crippen molar-refractivity contribution < 1.29 is 4.74 Å². The third kappa shape index (κ3) is 1.42. The zero-order valence-electron chi connectivity index (χ0n) is 6.04. The summed E-state index contributed by atoms with van der Waals surface area (Å²) in [5.74, 6) is 1.14. The average Bonchev–Trinajstić information content (AvgIpc) is 2.48. The van der Waals surface area contributed by atoms with Crippen molar-refractivity contribution in [3.05, 3.63) is 12.2 Å². The first-order valence-corrected chi connectivity index (χ1v) is 4.76. The van der Waals surface area contributed by atoms with Gasteiger partial charge < -0.3 is 4.74 Å². The van der Waals surface area contributed by atoms with Crippen molar-refractivity contribution in [1.82, 2.24) is 0 Å². The van der Waals surface area contributed by atoms with Crippen molar-refractivity contribution in [3.63, 3.8) is 0 Å². The zero-order chi connectivity index (χ0) is 7.84. The summed E-state index contributed by atoms with van der Waals surface area (Å²) in [6.45, 7) is 0. The Hall–Kier alpha value is 0.280. The van der Waals surface area contributed by atoms with Crippen LogP contribution in [-0.2, 0) is 4.74 Å². The Morgan fingerprint density at radius 3 is 2.09 bits per heavy atom. The molecule has 0 aromatic carbocycles. The van der Waals surface area contributed by atoms with Crippen molar-refractivity contribution in [2.75, 3.05) is 0 Å². The second-order valence-electron chi connectivity index (χ2n) is 3.15. The number of alkyl halides is 2. The highest BCUT2D eigenvalue weighted by molar-refractivity contribution is 6.43. The van der Waals surface area contributed by atoms with Gasteiger partial charge in [0, 0.05) is 11.8 Å². The van der Waals surface area contributed by atoms with E-state index in [2.05, 4.69) is 12.2 Å². The first kappa shape index (κ1) is 7.90. The molecule has 0 amide bonds. The summed E-state index contributed by atoms with van der Waals surface area (Å²) in [4.78, 5) is 0. The van der Waals surface area contributed by atoms with E-state index < -0.39 is 5.02 Å². The van der Waals surface area contributed by atoms with Gasteiger partial charge in [-0.1, -0.05) is 35.4 Å². The fourth-order valence-corrected chi connectivity index (χ4v) is 2.29. The third-order valence-electron chi connectivity index (χ3n) is 2.54. The molecule has 2 rings (SSSR count). The lowest BCUT2D eigenvalue weighted by Gasteiger charge is -2.16. The van der Waals surface area contributed by atoms with E-state index in [1.807, 2.05) is 0 Å². The van der Waals surface area contributed by atoms with Crippen LogP contribution in [-0.4, -0.2) is 11.1 Å². The van der Waals surface area contributed by atoms with E-state index >= 15 is 0 Å². The Bertz CT molecular complexity index is 165. The summed E-state index contributed by atoms with van der Waals surface area (Å²) in [5.41, 5.74) is 0. The number of ether oxygens (including phenoxy) is 1. The highest BCUT2D eigenvalue weighted by Crippen LogP contribution is 2.42. The molecule has 3 atom stereocenters. The maximum atomic E-state index is 5.53. The van der Waals surface area contributed by atoms with Crippen LogP contribution in [0.4, 0.5) is 0 Å². The van der Waals surface area contributed by atoms with Crippen molar-refractivity contribution in [3.8, 4) is 0 Å². The zero-order valence-corrected chi connectivity index (χ0v) is 7.55. The number of hydrogen-bond donors (Lipinski definition) is 0. The van der Waals surface area contributed by atoms with Crippen LogP contribution in [0.15, 0.2) is 12.2 Å². The van der Waals surface area contributed by atoms with Crippen LogP contribution in [0.2, 0.25) is 0 Å². The summed E-state index contributed by atoms with van der Waals surface area (Å²) >= 11 is 11.1. The monoisotopic (exact) mass is 192 g/mol. The SMILES string of the molecule is ClC(Cl)OC1[C@@H]2C=C[C@H]1CC2. The number of fused-ring (bicyclic) bond motifs is 2. The van der Waals surface area contributed by atoms with Crippen molar-refractivity contribution >= 4 is 23.2 Å². The van der Waals surface area contributed by atoms with E-state index in [0.29, 0.717) is 11.8 Å². The van der Waals surface area contributed by atoms with E-state index in [9.17, 15) is 0 Å². The number of hydrogen-bond acceptors (Lipinski definition) is 1. The smallest absolute Gasteiger partial charge is 0.206 e. The molecule has 1 fully saturated rings. The predicted octanol–water partition coefficient (Wildman–Crippen LogP) is 2.73. The largest absolute Gasteiger partial charge is 0.344 e. The van der Waals surface area contributed by atoms with Gasteiger partial charge in [-0.25, -0.2) is 0 Å². The highest BCUT2D eigenvalue weighted by Gasteiger charge is 2.39. The molecule has 0 spiro atoms. The molecule has 11 heavy (non-hydrogen) atoms. The van der Waals surface area contributed by atoms with Gasteiger partial charge in [0.25, 0.3) is 0 Å². The molecular formula is C8H10Cl2O. The van der Waals surface area contributed by atoms with Gasteiger partial charge in [-0.3, -0.25) is 0 Å². The first-order valence-electron chi connectivity index (χ1n) is 3.89. The molecule has 3 heteroatoms. The van der Waals surface area contributed by atoms with E-state index in [4.69, 9.17) is 27.9 Å². The molecule has 1 saturated carbocycles. The Balaban J connectivity index is 1.97. The Morgan fingerprint density at radius 2 is 1.73 bits per heavy atom. The van der Waals surface area contributed by atoms with Gasteiger partial charge in [-0.2, -0.15) is 0 Å². The minimum atomic E-state index is -0.664. The lowest BCUT2D eigenvalue weighted by Crippen LogP contribution is -2.20. The van der Waals surface area contributed by atoms with Crippen LogP contribution in [0.25, 0.3) is 0 Å². The van der Waals surface area contributed by atoms with Crippen LogP contribution < -0.4 is 0 Å². The molecule has 0 heterocycles. The van der Waals surface area contributed by atoms with Gasteiger partial charge in [-0.15, -0.1) is 0 Å². The molecule has 2 bridgehead atoms. The predicted molar refractivity (Wildman–Crippen MR) is 45.7 cm³/mol. The minimum Gasteiger partial charge on any atom is -0.344 e. The molecule has 1 nitrogen and oxygen atoms in total. The summed E-state index contributed by atoms with van der Waals surface area (Å²) in [6, 6.07) is 0. The molecule has 0 N–H and O–H groups in total. The molecule has 0 aliphatic heterocycles. The average molecular weight is 193 g/mol. The molecule has 0 radical (unpaired) electrons. The van der Waals surface area contributed by atoms with Gasteiger partial charge >= 0.3 is 0 Å². The van der Waals surface area contributed by atoms with Crippen LogP contribution in [0.1, 0.15) is 12.8 Å². The standard InChI is InChI=1S/C8H10Cl2O/c9-8(10)11-7-5-1-2-6(7)4-3-5/h1-2,5-8H,3-4H2/t5-,6+,7?. The molecular weight excluding hydrogens is 183 g/mol. The van der Waals surface area contributed by atoms with Crippen LogP contribution in [0.5, 0.6) is 0 Å². The molecule has 0 saturated heterocycles. The third-order valence-corrected chi connectivity index (χ3v) is 2.75. The molecule has 0 aromatic rings. The molecule has 62 valence electrons. The lowest BCUT2D eigenvalue weighted by molar-refractivity contribution is 0.0415. The fourth-order valence-electron chi connectivity index (χ4n) is 2.05. The van der Waals surface area contributed by atoms with Gasteiger partial charge in [0.1, 0.15) is 0 Å². The quantitative estimate of drug-likeness (QED) is 0.484. The Labute approximate surface area is 76.3 Å². The van der Waals surface area contributed by atoms with Crippen LogP contribution >= 0.6 is 23.2 Å². The highest BCUT2D eigenvalue weighted by atomic mass is 35.5. The minimum absolute atomic E-state index is 0.259. The maximum absolute atomic E-state index is 5.53. The normalized spacial score (nSPS) is 40.8. The second kappa shape index (κ2) is 2.96. The number of halogens is 2. The topological polar surface area (TPSA) is 9.23 Å². The van der Waals surface area contributed by atoms with E-state index in [0.717, 1.165) is 0 Å². The molecule has 2 aliphatic rings. The van der Waals surface area contributed by atoms with E-state index in [-0.39, 0.29) is 6.10 Å². The Kier molecular flexibility index (Phi) is 2.13. The molecule has 0 aromatic heterocycles. The summed E-state index contributed by atoms with van der Waals surface area (Å²) in [7, 11) is 0. The van der Waals surface area contributed by atoms with Gasteiger partial charge in [0.15, 0.2) is 0 Å². The van der Waals surface area contributed by atoms with E-state index in [1.165, 1.54) is 12.8 Å². The lowest BCUT2D eigenvalue weighted by atomic mass is 10.1. The molecule has 2 aliphatic carbocycles. The summed E-state index contributed by atoms with van der Waals surface area (Å²) in [5, 5.41) is -0.664. The first-order chi connectivity index (χ1) is 5.27. The summed E-state index contributed by atoms with van der Waals surface area (Å²) < 4.78 is 5.37. The van der Waals surface area contributed by atoms with E-state index in [1.54, 1.807) is 0 Å².